The van der Waals surface area contributed by atoms with Gasteiger partial charge in [-0.25, -0.2) is 10.2 Å². The summed E-state index contributed by atoms with van der Waals surface area (Å²) >= 11 is 1.58. The summed E-state index contributed by atoms with van der Waals surface area (Å²) in [6.45, 7) is 6.06. The van der Waals surface area contributed by atoms with Gasteiger partial charge in [0, 0.05) is 5.69 Å². The summed E-state index contributed by atoms with van der Waals surface area (Å²) in [5, 5.41) is 16.8. The minimum atomic E-state index is -1.33. The van der Waals surface area contributed by atoms with Gasteiger partial charge in [-0.05, 0) is 17.7 Å². The molecule has 2 aromatic rings. The fourth-order valence-corrected chi connectivity index (χ4v) is 1.80. The molecular formula is C13H16N4SSi. The molecule has 4 nitrogen and oxygen atoms in total. The number of benzene rings is 1. The van der Waals surface area contributed by atoms with Crippen molar-refractivity contribution in [1.82, 2.24) is 4.98 Å². The first-order chi connectivity index (χ1) is 8.87. The molecule has 1 aromatic carbocycles. The summed E-state index contributed by atoms with van der Waals surface area (Å²) in [7, 11) is -1.33. The molecule has 98 valence electrons. The second-order valence-electron chi connectivity index (χ2n) is 5.05. The maximum atomic E-state index is 8.62. The summed E-state index contributed by atoms with van der Waals surface area (Å²) in [6, 6.07) is 7.12. The molecule has 1 aromatic heterocycles. The highest BCUT2D eigenvalue weighted by atomic mass is 32.1. The van der Waals surface area contributed by atoms with E-state index in [2.05, 4.69) is 10.7 Å². The van der Waals surface area contributed by atoms with Crippen molar-refractivity contribution < 1.29 is 0 Å². The number of hydrogen-bond acceptors (Lipinski definition) is 5. The minimum Gasteiger partial charge on any atom is -0.312 e. The zero-order chi connectivity index (χ0) is 14.5. The van der Waals surface area contributed by atoms with E-state index in [0.29, 0.717) is 0 Å². The molecule has 19 heavy (non-hydrogen) atoms. The molecule has 0 spiro atoms. The van der Waals surface area contributed by atoms with E-state index in [1.54, 1.807) is 16.8 Å². The van der Waals surface area contributed by atoms with E-state index in [9.17, 15) is 0 Å². The molecule has 0 aliphatic heterocycles. The van der Waals surface area contributed by atoms with Crippen LogP contribution >= 0.6 is 11.3 Å². The Hall–Kier alpha value is -1.73. The largest absolute Gasteiger partial charge is 0.312 e. The number of nitriles is 2. The van der Waals surface area contributed by atoms with Crippen LogP contribution in [0.5, 0.6) is 0 Å². The Kier molecular flexibility index (Phi) is 5.19. The normalized spacial score (nSPS) is 11.9. The molecule has 0 aliphatic carbocycles. The molecule has 0 saturated heterocycles. The third-order valence-corrected chi connectivity index (χ3v) is 3.67. The first-order valence-corrected chi connectivity index (χ1v) is 10.1. The molecule has 0 aliphatic rings. The highest BCUT2D eigenvalue weighted by Gasteiger charge is 2.09. The molecule has 1 heterocycles. The zero-order valence-corrected chi connectivity index (χ0v) is 13.0. The first-order valence-electron chi connectivity index (χ1n) is 5.77. The maximum Gasteiger partial charge on any atom is 0.164 e. The summed E-state index contributed by atoms with van der Waals surface area (Å²) in [4.78, 5) is 4.15. The van der Waals surface area contributed by atoms with Crippen molar-refractivity contribution >= 4 is 29.6 Å². The Balaban J connectivity index is 0.000000258. The highest BCUT2D eigenvalue weighted by molar-refractivity contribution is 7.16. The number of nitrogens with two attached hydrogens (primary N) is 1. The smallest absolute Gasteiger partial charge is 0.164 e. The molecule has 1 unspecified atom stereocenters. The summed E-state index contributed by atoms with van der Waals surface area (Å²) in [5.74, 6) is 0. The standard InChI is InChI=1S/C9H7N3S.C4H9NSi/c10-4-7(11)6-1-2-9-8(3-6)12-5-13-9;1-6(2,3)4-5/h1-3,5,7H,11H2;1-3H3. The molecule has 2 rings (SSSR count). The third kappa shape index (κ3) is 4.80. The lowest BCUT2D eigenvalue weighted by Crippen LogP contribution is -2.15. The van der Waals surface area contributed by atoms with Gasteiger partial charge in [-0.1, -0.05) is 25.7 Å². The number of nitrogens with zero attached hydrogens (tertiary/aromatic N) is 3. The monoisotopic (exact) mass is 288 g/mol. The molecule has 0 radical (unpaired) electrons. The van der Waals surface area contributed by atoms with Crippen LogP contribution in [0.1, 0.15) is 11.6 Å². The maximum absolute atomic E-state index is 8.62. The lowest BCUT2D eigenvalue weighted by Gasteiger charge is -2.01. The van der Waals surface area contributed by atoms with E-state index in [1.165, 1.54) is 0 Å². The molecule has 0 amide bonds. The van der Waals surface area contributed by atoms with Crippen molar-refractivity contribution in [3.05, 3.63) is 29.3 Å². The van der Waals surface area contributed by atoms with Crippen LogP contribution in [0.25, 0.3) is 10.2 Å². The van der Waals surface area contributed by atoms with Gasteiger partial charge in [-0.15, -0.1) is 11.3 Å². The highest BCUT2D eigenvalue weighted by Crippen LogP contribution is 2.21. The number of rotatable bonds is 1. The summed E-state index contributed by atoms with van der Waals surface area (Å²) in [5.41, 5.74) is 11.3. The molecule has 6 heteroatoms. The lowest BCUT2D eigenvalue weighted by molar-refractivity contribution is 0.928. The number of aromatic nitrogens is 1. The van der Waals surface area contributed by atoms with E-state index >= 15 is 0 Å². The van der Waals surface area contributed by atoms with Gasteiger partial charge in [-0.3, -0.25) is 0 Å². The Labute approximate surface area is 118 Å². The molecule has 0 fully saturated rings. The lowest BCUT2D eigenvalue weighted by atomic mass is 10.1. The Morgan fingerprint density at radius 2 is 1.95 bits per heavy atom. The number of thiazole rings is 1. The fourth-order valence-electron chi connectivity index (χ4n) is 1.14. The molecule has 1 atom stereocenters. The van der Waals surface area contributed by atoms with Gasteiger partial charge < -0.3 is 5.73 Å². The average molecular weight is 288 g/mol. The van der Waals surface area contributed by atoms with Crippen LogP contribution < -0.4 is 5.73 Å². The van der Waals surface area contributed by atoms with Crippen LogP contribution in [0.4, 0.5) is 0 Å². The topological polar surface area (TPSA) is 86.5 Å². The first kappa shape index (κ1) is 15.3. The van der Waals surface area contributed by atoms with E-state index < -0.39 is 14.1 Å². The van der Waals surface area contributed by atoms with Gasteiger partial charge >= 0.3 is 0 Å². The second-order valence-corrected chi connectivity index (χ2v) is 10.7. The zero-order valence-electron chi connectivity index (χ0n) is 11.2. The van der Waals surface area contributed by atoms with Crippen molar-refractivity contribution in [2.45, 2.75) is 25.7 Å². The Bertz CT molecular complexity index is 630. The second kappa shape index (κ2) is 6.44. The van der Waals surface area contributed by atoms with Crippen molar-refractivity contribution in [1.29, 1.82) is 10.5 Å². The van der Waals surface area contributed by atoms with Gasteiger partial charge in [0.2, 0.25) is 0 Å². The third-order valence-electron chi connectivity index (χ3n) is 2.19. The average Bonchev–Trinajstić information content (AvgIpc) is 2.84. The minimum absolute atomic E-state index is 0.550. The summed E-state index contributed by atoms with van der Waals surface area (Å²) < 4.78 is 1.12. The number of hydrogen-bond donors (Lipinski definition) is 1. The van der Waals surface area contributed by atoms with E-state index in [0.717, 1.165) is 15.8 Å². The van der Waals surface area contributed by atoms with Gasteiger partial charge in [-0.2, -0.15) is 5.26 Å². The molecule has 0 bridgehead atoms. The van der Waals surface area contributed by atoms with Gasteiger partial charge in [0.1, 0.15) is 6.04 Å². The van der Waals surface area contributed by atoms with Crippen LogP contribution in [0, 0.1) is 22.3 Å². The van der Waals surface area contributed by atoms with E-state index in [-0.39, 0.29) is 0 Å². The van der Waals surface area contributed by atoms with Crippen LogP contribution in [0.3, 0.4) is 0 Å². The van der Waals surface area contributed by atoms with Crippen LogP contribution in [0.15, 0.2) is 23.7 Å². The van der Waals surface area contributed by atoms with E-state index in [4.69, 9.17) is 16.3 Å². The quantitative estimate of drug-likeness (QED) is 0.816. The van der Waals surface area contributed by atoms with Crippen molar-refractivity contribution in [3.63, 3.8) is 0 Å². The van der Waals surface area contributed by atoms with Gasteiger partial charge in [0.15, 0.2) is 8.07 Å². The molecule has 2 N–H and O–H groups in total. The van der Waals surface area contributed by atoms with Gasteiger partial charge in [0.25, 0.3) is 0 Å². The number of fused-ring (bicyclic) bond motifs is 1. The van der Waals surface area contributed by atoms with Crippen molar-refractivity contribution in [3.8, 4) is 11.8 Å². The van der Waals surface area contributed by atoms with Crippen molar-refractivity contribution in [2.24, 2.45) is 5.73 Å². The Morgan fingerprint density at radius 3 is 2.47 bits per heavy atom. The van der Waals surface area contributed by atoms with Crippen LogP contribution in [-0.2, 0) is 0 Å². The predicted molar refractivity (Wildman–Crippen MR) is 81.1 cm³/mol. The SMILES string of the molecule is C[Si](C)(C)C#N.N#CC(N)c1ccc2scnc2c1. The van der Waals surface area contributed by atoms with E-state index in [1.807, 2.05) is 43.9 Å². The summed E-state index contributed by atoms with van der Waals surface area (Å²) in [6.07, 6.45) is 0. The molecule has 0 saturated carbocycles. The Morgan fingerprint density at radius 1 is 1.32 bits per heavy atom. The van der Waals surface area contributed by atoms with Crippen molar-refractivity contribution in [2.75, 3.05) is 0 Å². The molecular weight excluding hydrogens is 272 g/mol. The predicted octanol–water partition coefficient (Wildman–Crippen LogP) is 3.21. The van der Waals surface area contributed by atoms with Crippen LogP contribution in [0.2, 0.25) is 19.6 Å². The fraction of sp³-hybridized carbons (Fsp3) is 0.308. The van der Waals surface area contributed by atoms with Gasteiger partial charge in [0.05, 0.1) is 21.8 Å². The van der Waals surface area contributed by atoms with Crippen LogP contribution in [-0.4, -0.2) is 13.1 Å².